The number of carbonyl (C=O) groups is 1. The molecule has 3 N–H and O–H groups in total. The third kappa shape index (κ3) is 8.37. The van der Waals surface area contributed by atoms with Crippen LogP contribution < -0.4 is 0 Å². The van der Waals surface area contributed by atoms with Crippen molar-refractivity contribution in [1.82, 2.24) is 0 Å². The number of thioether (sulfide) groups is 1. The smallest absolute Gasteiger partial charge is 0.305 e. The zero-order valence-corrected chi connectivity index (χ0v) is 19.4. The number of benzene rings is 1. The molecule has 6 atom stereocenters. The van der Waals surface area contributed by atoms with E-state index < -0.39 is 18.3 Å². The van der Waals surface area contributed by atoms with E-state index in [-0.39, 0.29) is 29.5 Å². The van der Waals surface area contributed by atoms with Gasteiger partial charge in [-0.2, -0.15) is 0 Å². The minimum Gasteiger partial charge on any atom is -0.469 e. The van der Waals surface area contributed by atoms with Crippen LogP contribution in [-0.4, -0.2) is 52.5 Å². The van der Waals surface area contributed by atoms with Crippen LogP contribution in [0, 0.1) is 23.6 Å². The summed E-state index contributed by atoms with van der Waals surface area (Å²) in [6, 6.07) is 6.53. The molecule has 0 aromatic heterocycles. The van der Waals surface area contributed by atoms with E-state index in [0.717, 1.165) is 25.7 Å². The Morgan fingerprint density at radius 1 is 1.19 bits per heavy atom. The lowest BCUT2D eigenvalue weighted by Gasteiger charge is -2.30. The minimum absolute atomic E-state index is 0.00188. The Kier molecular flexibility index (Phi) is 11.3. The first kappa shape index (κ1) is 26.1. The van der Waals surface area contributed by atoms with E-state index >= 15 is 0 Å². The average Bonchev–Trinajstić information content (AvgIpc) is 3.03. The van der Waals surface area contributed by atoms with Gasteiger partial charge in [0, 0.05) is 17.1 Å². The third-order valence-electron chi connectivity index (χ3n) is 6.44. The highest BCUT2D eigenvalue weighted by atomic mass is 32.2. The number of unbranched alkanes of at least 4 members (excludes halogenated alkanes) is 2. The summed E-state index contributed by atoms with van der Waals surface area (Å²) in [5, 5.41) is 31.4. The SMILES string of the molecule is COC(=O)CCCCCC(C)C1C(O)CC(O)C1CCC(O)CSc1ccccc1F. The van der Waals surface area contributed by atoms with Crippen molar-refractivity contribution in [2.24, 2.45) is 17.8 Å². The third-order valence-corrected chi connectivity index (χ3v) is 7.64. The van der Waals surface area contributed by atoms with E-state index in [4.69, 9.17) is 0 Å². The average molecular weight is 457 g/mol. The van der Waals surface area contributed by atoms with Crippen LogP contribution in [-0.2, 0) is 9.53 Å². The Hall–Kier alpha value is -1.15. The van der Waals surface area contributed by atoms with Crippen molar-refractivity contribution in [2.75, 3.05) is 12.9 Å². The van der Waals surface area contributed by atoms with Gasteiger partial charge >= 0.3 is 5.97 Å². The number of aliphatic hydroxyl groups excluding tert-OH is 3. The predicted octanol–water partition coefficient (Wildman–Crippen LogP) is 4.18. The van der Waals surface area contributed by atoms with E-state index in [0.29, 0.717) is 36.3 Å². The van der Waals surface area contributed by atoms with E-state index in [1.165, 1.54) is 24.9 Å². The largest absolute Gasteiger partial charge is 0.469 e. The Morgan fingerprint density at radius 2 is 1.94 bits per heavy atom. The molecule has 0 saturated heterocycles. The maximum absolute atomic E-state index is 13.7. The summed E-state index contributed by atoms with van der Waals surface area (Å²) in [6.07, 6.45) is 3.89. The molecule has 6 unspecified atom stereocenters. The number of methoxy groups -OCH3 is 1. The number of halogens is 1. The van der Waals surface area contributed by atoms with Crippen LogP contribution in [0.15, 0.2) is 29.2 Å². The molecule has 5 nitrogen and oxygen atoms in total. The molecule has 1 aliphatic carbocycles. The van der Waals surface area contributed by atoms with Crippen LogP contribution in [0.3, 0.4) is 0 Å². The normalized spacial score (nSPS) is 25.4. The van der Waals surface area contributed by atoms with Gasteiger partial charge in [-0.1, -0.05) is 38.3 Å². The number of esters is 1. The van der Waals surface area contributed by atoms with Crippen LogP contribution in [0.2, 0.25) is 0 Å². The van der Waals surface area contributed by atoms with Crippen molar-refractivity contribution in [3.8, 4) is 0 Å². The molecule has 1 saturated carbocycles. The number of hydrogen-bond donors (Lipinski definition) is 3. The second-order valence-corrected chi connectivity index (χ2v) is 9.80. The number of rotatable bonds is 13. The highest BCUT2D eigenvalue weighted by Gasteiger charge is 2.43. The van der Waals surface area contributed by atoms with Gasteiger partial charge in [0.2, 0.25) is 0 Å². The molecule has 0 bridgehead atoms. The molecule has 1 aliphatic rings. The van der Waals surface area contributed by atoms with Gasteiger partial charge in [-0.05, 0) is 55.6 Å². The summed E-state index contributed by atoms with van der Waals surface area (Å²) in [5.74, 6) is 0.131. The summed E-state index contributed by atoms with van der Waals surface area (Å²) in [6.45, 7) is 2.11. The van der Waals surface area contributed by atoms with Crippen molar-refractivity contribution in [1.29, 1.82) is 0 Å². The van der Waals surface area contributed by atoms with Crippen molar-refractivity contribution in [3.05, 3.63) is 30.1 Å². The molecule has 1 aromatic rings. The van der Waals surface area contributed by atoms with Crippen molar-refractivity contribution < 1.29 is 29.2 Å². The van der Waals surface area contributed by atoms with Gasteiger partial charge in [0.1, 0.15) is 5.82 Å². The Morgan fingerprint density at radius 3 is 2.65 bits per heavy atom. The Bertz CT molecular complexity index is 673. The standard InChI is InChI=1S/C24H37FO5S/c1-16(8-4-3-5-11-23(29)30-2)24-18(20(27)14-21(24)28)13-12-17(26)15-31-22-10-7-6-9-19(22)25/h6-7,9-10,16-18,20-21,24,26-28H,3-5,8,11-15H2,1-2H3. The molecule has 1 fully saturated rings. The predicted molar refractivity (Wildman–Crippen MR) is 120 cm³/mol. The van der Waals surface area contributed by atoms with Crippen molar-refractivity contribution >= 4 is 17.7 Å². The topological polar surface area (TPSA) is 87.0 Å². The number of hydrogen-bond acceptors (Lipinski definition) is 6. The lowest BCUT2D eigenvalue weighted by Crippen LogP contribution is -2.29. The fourth-order valence-corrected chi connectivity index (χ4v) is 5.65. The highest BCUT2D eigenvalue weighted by molar-refractivity contribution is 7.99. The number of ether oxygens (including phenoxy) is 1. The van der Waals surface area contributed by atoms with Crippen LogP contribution in [0.5, 0.6) is 0 Å². The van der Waals surface area contributed by atoms with Gasteiger partial charge in [-0.15, -0.1) is 11.8 Å². The second kappa shape index (κ2) is 13.4. The summed E-state index contributed by atoms with van der Waals surface area (Å²) >= 11 is 1.30. The molecule has 0 aliphatic heterocycles. The van der Waals surface area contributed by atoms with Crippen LogP contribution in [0.25, 0.3) is 0 Å². The van der Waals surface area contributed by atoms with Gasteiger partial charge in [-0.3, -0.25) is 4.79 Å². The Labute approximate surface area is 189 Å². The van der Waals surface area contributed by atoms with Gasteiger partial charge in [0.15, 0.2) is 0 Å². The minimum atomic E-state index is -0.594. The molecule has 2 rings (SSSR count). The summed E-state index contributed by atoms with van der Waals surface area (Å²) < 4.78 is 18.4. The maximum Gasteiger partial charge on any atom is 0.305 e. The van der Waals surface area contributed by atoms with Crippen molar-refractivity contribution in [3.63, 3.8) is 0 Å². The van der Waals surface area contributed by atoms with Crippen LogP contribution >= 0.6 is 11.8 Å². The zero-order chi connectivity index (χ0) is 22.8. The first-order valence-corrected chi connectivity index (χ1v) is 12.3. The first-order chi connectivity index (χ1) is 14.8. The van der Waals surface area contributed by atoms with Crippen molar-refractivity contribution in [2.45, 2.75) is 81.5 Å². The molecule has 7 heteroatoms. The molecule has 0 amide bonds. The van der Waals surface area contributed by atoms with Gasteiger partial charge in [0.05, 0.1) is 25.4 Å². The van der Waals surface area contributed by atoms with Crippen LogP contribution in [0.1, 0.15) is 58.3 Å². The summed E-state index contributed by atoms with van der Waals surface area (Å²) in [4.78, 5) is 11.7. The van der Waals surface area contributed by atoms with Gasteiger partial charge in [0.25, 0.3) is 0 Å². The lowest BCUT2D eigenvalue weighted by molar-refractivity contribution is -0.140. The molecule has 31 heavy (non-hydrogen) atoms. The van der Waals surface area contributed by atoms with Crippen LogP contribution in [0.4, 0.5) is 4.39 Å². The van der Waals surface area contributed by atoms with E-state index in [2.05, 4.69) is 11.7 Å². The lowest BCUT2D eigenvalue weighted by atomic mass is 9.78. The quantitative estimate of drug-likeness (QED) is 0.235. The maximum atomic E-state index is 13.7. The highest BCUT2D eigenvalue weighted by Crippen LogP contribution is 2.42. The number of carbonyl (C=O) groups excluding carboxylic acids is 1. The van der Waals surface area contributed by atoms with Gasteiger partial charge in [-0.25, -0.2) is 4.39 Å². The molecule has 1 aromatic carbocycles. The summed E-state index contributed by atoms with van der Waals surface area (Å²) in [5.41, 5.74) is 0. The molecule has 0 spiro atoms. The molecule has 0 radical (unpaired) electrons. The fourth-order valence-electron chi connectivity index (χ4n) is 4.73. The second-order valence-electron chi connectivity index (χ2n) is 8.74. The van der Waals surface area contributed by atoms with E-state index in [1.54, 1.807) is 18.2 Å². The monoisotopic (exact) mass is 456 g/mol. The van der Waals surface area contributed by atoms with E-state index in [9.17, 15) is 24.5 Å². The fraction of sp³-hybridized carbons (Fsp3) is 0.708. The Balaban J connectivity index is 1.77. The zero-order valence-electron chi connectivity index (χ0n) is 18.6. The molecular weight excluding hydrogens is 419 g/mol. The summed E-state index contributed by atoms with van der Waals surface area (Å²) in [7, 11) is 1.40. The first-order valence-electron chi connectivity index (χ1n) is 11.3. The number of aliphatic hydroxyl groups is 3. The van der Waals surface area contributed by atoms with E-state index in [1.807, 2.05) is 0 Å². The van der Waals surface area contributed by atoms with Gasteiger partial charge < -0.3 is 20.1 Å². The molecule has 176 valence electrons. The molecule has 0 heterocycles. The molecular formula is C24H37FO5S.